The van der Waals surface area contributed by atoms with E-state index in [4.69, 9.17) is 5.73 Å². The molecule has 0 saturated carbocycles. The number of piperidine rings is 1. The summed E-state index contributed by atoms with van der Waals surface area (Å²) < 4.78 is 0. The molecule has 3 nitrogen and oxygen atoms in total. The van der Waals surface area contributed by atoms with Crippen molar-refractivity contribution >= 4 is 5.69 Å². The van der Waals surface area contributed by atoms with Crippen LogP contribution < -0.4 is 5.73 Å². The van der Waals surface area contributed by atoms with E-state index in [-0.39, 0.29) is 0 Å². The van der Waals surface area contributed by atoms with Crippen LogP contribution in [-0.4, -0.2) is 30.0 Å². The van der Waals surface area contributed by atoms with E-state index in [0.717, 1.165) is 12.2 Å². The molecule has 0 radical (unpaired) electrons. The highest BCUT2D eigenvalue weighted by atomic mass is 15.1. The van der Waals surface area contributed by atoms with Gasteiger partial charge in [-0.25, -0.2) is 0 Å². The van der Waals surface area contributed by atoms with E-state index in [2.05, 4.69) is 23.0 Å². The zero-order chi connectivity index (χ0) is 9.97. The van der Waals surface area contributed by atoms with Crippen LogP contribution in [0.15, 0.2) is 18.5 Å². The first kappa shape index (κ1) is 9.46. The van der Waals surface area contributed by atoms with Crippen LogP contribution in [0.3, 0.4) is 0 Å². The van der Waals surface area contributed by atoms with Crippen molar-refractivity contribution in [3.8, 4) is 0 Å². The number of hydrogen-bond acceptors (Lipinski definition) is 3. The average molecular weight is 191 g/mol. The van der Waals surface area contributed by atoms with Crippen molar-refractivity contribution in [3.63, 3.8) is 0 Å². The molecular weight excluding hydrogens is 174 g/mol. The fourth-order valence-electron chi connectivity index (χ4n) is 2.21. The van der Waals surface area contributed by atoms with Gasteiger partial charge in [0.25, 0.3) is 0 Å². The lowest BCUT2D eigenvalue weighted by atomic mass is 9.90. The van der Waals surface area contributed by atoms with Crippen LogP contribution in [0, 0.1) is 0 Å². The molecule has 1 aliphatic rings. The third-order valence-corrected chi connectivity index (χ3v) is 2.95. The third kappa shape index (κ3) is 1.87. The van der Waals surface area contributed by atoms with E-state index in [9.17, 15) is 0 Å². The zero-order valence-electron chi connectivity index (χ0n) is 8.61. The summed E-state index contributed by atoms with van der Waals surface area (Å²) in [6.45, 7) is 2.33. The summed E-state index contributed by atoms with van der Waals surface area (Å²) in [5.41, 5.74) is 8.03. The van der Waals surface area contributed by atoms with Crippen LogP contribution in [0.5, 0.6) is 0 Å². The molecular formula is C11H17N3. The van der Waals surface area contributed by atoms with Gasteiger partial charge >= 0.3 is 0 Å². The Morgan fingerprint density at radius 1 is 1.57 bits per heavy atom. The van der Waals surface area contributed by atoms with Crippen molar-refractivity contribution in [2.75, 3.05) is 25.9 Å². The van der Waals surface area contributed by atoms with Crippen LogP contribution in [0.2, 0.25) is 0 Å². The largest absolute Gasteiger partial charge is 0.397 e. The maximum absolute atomic E-state index is 5.92. The Balaban J connectivity index is 2.18. The highest BCUT2D eigenvalue weighted by Gasteiger charge is 2.20. The summed E-state index contributed by atoms with van der Waals surface area (Å²) in [5, 5.41) is 0. The van der Waals surface area contributed by atoms with Crippen molar-refractivity contribution < 1.29 is 0 Å². The minimum absolute atomic E-state index is 0.594. The maximum Gasteiger partial charge on any atom is 0.0536 e. The van der Waals surface area contributed by atoms with Gasteiger partial charge in [-0.15, -0.1) is 0 Å². The summed E-state index contributed by atoms with van der Waals surface area (Å²) in [6.07, 6.45) is 6.10. The van der Waals surface area contributed by atoms with Gasteiger partial charge in [0, 0.05) is 12.7 Å². The highest BCUT2D eigenvalue weighted by molar-refractivity contribution is 5.46. The fourth-order valence-corrected chi connectivity index (χ4v) is 2.21. The number of nitrogens with zero attached hydrogens (tertiary/aromatic N) is 2. The highest BCUT2D eigenvalue weighted by Crippen LogP contribution is 2.29. The normalized spacial score (nSPS) is 23.6. The lowest BCUT2D eigenvalue weighted by Gasteiger charge is -2.30. The van der Waals surface area contributed by atoms with Crippen LogP contribution in [0.4, 0.5) is 5.69 Å². The Morgan fingerprint density at radius 3 is 3.14 bits per heavy atom. The molecule has 2 N–H and O–H groups in total. The molecule has 3 heteroatoms. The van der Waals surface area contributed by atoms with Gasteiger partial charge in [-0.2, -0.15) is 0 Å². The smallest absolute Gasteiger partial charge is 0.0536 e. The molecule has 1 atom stereocenters. The second kappa shape index (κ2) is 3.96. The van der Waals surface area contributed by atoms with Crippen LogP contribution in [0.25, 0.3) is 0 Å². The summed E-state index contributed by atoms with van der Waals surface area (Å²) in [7, 11) is 2.17. The predicted molar refractivity (Wildman–Crippen MR) is 58.1 cm³/mol. The lowest BCUT2D eigenvalue weighted by molar-refractivity contribution is 0.251. The van der Waals surface area contributed by atoms with E-state index in [0.29, 0.717) is 5.92 Å². The quantitative estimate of drug-likeness (QED) is 0.731. The molecule has 1 unspecified atom stereocenters. The molecule has 0 bridgehead atoms. The molecule has 2 rings (SSSR count). The summed E-state index contributed by atoms with van der Waals surface area (Å²) in [4.78, 5) is 6.39. The van der Waals surface area contributed by atoms with Crippen LogP contribution in [-0.2, 0) is 0 Å². The first-order chi connectivity index (χ1) is 6.77. The Morgan fingerprint density at radius 2 is 2.43 bits per heavy atom. The molecule has 1 fully saturated rings. The van der Waals surface area contributed by atoms with Crippen molar-refractivity contribution in [2.24, 2.45) is 0 Å². The molecule has 0 aromatic carbocycles. The second-order valence-corrected chi connectivity index (χ2v) is 4.11. The SMILES string of the molecule is CN1CCCC(c2ccncc2N)C1. The van der Waals surface area contributed by atoms with E-state index < -0.39 is 0 Å². The molecule has 1 aromatic rings. The number of hydrogen-bond donors (Lipinski definition) is 1. The summed E-state index contributed by atoms with van der Waals surface area (Å²) >= 11 is 0. The van der Waals surface area contributed by atoms with E-state index in [1.807, 2.05) is 6.20 Å². The van der Waals surface area contributed by atoms with Gasteiger partial charge < -0.3 is 10.6 Å². The van der Waals surface area contributed by atoms with Gasteiger partial charge in [-0.05, 0) is 44.0 Å². The van der Waals surface area contributed by atoms with Crippen molar-refractivity contribution in [1.29, 1.82) is 0 Å². The topological polar surface area (TPSA) is 42.2 Å². The molecule has 14 heavy (non-hydrogen) atoms. The Hall–Kier alpha value is -1.09. The van der Waals surface area contributed by atoms with Gasteiger partial charge in [0.2, 0.25) is 0 Å². The zero-order valence-corrected chi connectivity index (χ0v) is 8.61. The molecule has 0 amide bonds. The van der Waals surface area contributed by atoms with Crippen LogP contribution >= 0.6 is 0 Å². The van der Waals surface area contributed by atoms with Gasteiger partial charge in [0.05, 0.1) is 11.9 Å². The molecule has 1 aromatic heterocycles. The second-order valence-electron chi connectivity index (χ2n) is 4.11. The predicted octanol–water partition coefficient (Wildman–Crippen LogP) is 1.47. The van der Waals surface area contributed by atoms with Crippen molar-refractivity contribution in [2.45, 2.75) is 18.8 Å². The Bertz CT molecular complexity index is 311. The first-order valence-electron chi connectivity index (χ1n) is 5.15. The molecule has 0 spiro atoms. The van der Waals surface area contributed by atoms with Crippen molar-refractivity contribution in [1.82, 2.24) is 9.88 Å². The van der Waals surface area contributed by atoms with E-state index >= 15 is 0 Å². The fraction of sp³-hybridized carbons (Fsp3) is 0.545. The van der Waals surface area contributed by atoms with Gasteiger partial charge in [-0.1, -0.05) is 0 Å². The summed E-state index contributed by atoms with van der Waals surface area (Å²) in [5.74, 6) is 0.594. The Labute approximate surface area is 84.9 Å². The molecule has 1 aliphatic heterocycles. The molecule has 2 heterocycles. The third-order valence-electron chi connectivity index (χ3n) is 2.95. The van der Waals surface area contributed by atoms with Gasteiger partial charge in [0.1, 0.15) is 0 Å². The number of nitrogen functional groups attached to an aromatic ring is 1. The minimum atomic E-state index is 0.594. The van der Waals surface area contributed by atoms with Crippen LogP contribution in [0.1, 0.15) is 24.3 Å². The number of likely N-dealkylation sites (tertiary alicyclic amines) is 1. The number of aromatic nitrogens is 1. The number of anilines is 1. The molecule has 1 saturated heterocycles. The average Bonchev–Trinajstić information content (AvgIpc) is 2.18. The van der Waals surface area contributed by atoms with Gasteiger partial charge in [0.15, 0.2) is 0 Å². The molecule has 76 valence electrons. The number of pyridine rings is 1. The standard InChI is InChI=1S/C11H17N3/c1-14-6-2-3-9(8-14)10-4-5-13-7-11(10)12/h4-5,7,9H,2-3,6,8,12H2,1H3. The van der Waals surface area contributed by atoms with E-state index in [1.165, 1.54) is 24.9 Å². The monoisotopic (exact) mass is 191 g/mol. The minimum Gasteiger partial charge on any atom is -0.397 e. The number of nitrogens with two attached hydrogens (primary N) is 1. The number of likely N-dealkylation sites (N-methyl/N-ethyl adjacent to an activating group) is 1. The van der Waals surface area contributed by atoms with Gasteiger partial charge in [-0.3, -0.25) is 4.98 Å². The van der Waals surface area contributed by atoms with E-state index in [1.54, 1.807) is 6.20 Å². The number of rotatable bonds is 1. The van der Waals surface area contributed by atoms with Crippen molar-refractivity contribution in [3.05, 3.63) is 24.0 Å². The lowest BCUT2D eigenvalue weighted by Crippen LogP contribution is -2.31. The Kier molecular flexibility index (Phi) is 2.68. The summed E-state index contributed by atoms with van der Waals surface area (Å²) in [6, 6.07) is 2.05. The molecule has 0 aliphatic carbocycles. The first-order valence-corrected chi connectivity index (χ1v) is 5.15. The maximum atomic E-state index is 5.92.